The third-order valence-corrected chi connectivity index (χ3v) is 3.98. The summed E-state index contributed by atoms with van der Waals surface area (Å²) in [4.78, 5) is 0. The lowest BCUT2D eigenvalue weighted by Gasteiger charge is -2.23. The van der Waals surface area contributed by atoms with Crippen LogP contribution in [0.5, 0.6) is 0 Å². The fourth-order valence-electron chi connectivity index (χ4n) is 2.09. The second-order valence-electron chi connectivity index (χ2n) is 6.24. The summed E-state index contributed by atoms with van der Waals surface area (Å²) in [5.74, 6) is 0. The molecule has 112 valence electrons. The Hall–Kier alpha value is 1.42. The van der Waals surface area contributed by atoms with E-state index in [1.165, 1.54) is 75.2 Å². The van der Waals surface area contributed by atoms with Crippen LogP contribution < -0.4 is 24.0 Å². The van der Waals surface area contributed by atoms with Gasteiger partial charge in [-0.05, 0) is 23.7 Å². The molecule has 0 N–H and O–H groups in total. The van der Waals surface area contributed by atoms with Gasteiger partial charge < -0.3 is 28.5 Å². The van der Waals surface area contributed by atoms with Crippen molar-refractivity contribution in [1.29, 1.82) is 0 Å². The van der Waals surface area contributed by atoms with Crippen molar-refractivity contribution in [2.45, 2.75) is 64.2 Å². The second-order valence-corrected chi connectivity index (χ2v) is 7.32. The SMILES string of the molecule is C[N+](C)(C)CCCCCCCCCCCCI.[I-]. The number of halogens is 2. The number of alkyl halides is 1. The van der Waals surface area contributed by atoms with Crippen molar-refractivity contribution < 1.29 is 28.5 Å². The van der Waals surface area contributed by atoms with Gasteiger partial charge in [-0.15, -0.1) is 0 Å². The summed E-state index contributed by atoms with van der Waals surface area (Å²) in [5, 5.41) is 0. The van der Waals surface area contributed by atoms with Crippen LogP contribution in [0.2, 0.25) is 0 Å². The Bertz CT molecular complexity index is 155. The monoisotopic (exact) mass is 481 g/mol. The summed E-state index contributed by atoms with van der Waals surface area (Å²) >= 11 is 2.48. The summed E-state index contributed by atoms with van der Waals surface area (Å²) in [6.07, 6.45) is 14.5. The molecule has 0 unspecified atom stereocenters. The zero-order valence-corrected chi connectivity index (χ0v) is 17.0. The molecule has 0 heterocycles. The molecule has 0 saturated carbocycles. The van der Waals surface area contributed by atoms with Crippen LogP contribution >= 0.6 is 22.6 Å². The van der Waals surface area contributed by atoms with Crippen molar-refractivity contribution >= 4 is 22.6 Å². The first-order valence-electron chi connectivity index (χ1n) is 7.43. The van der Waals surface area contributed by atoms with Crippen molar-refractivity contribution in [1.82, 2.24) is 0 Å². The summed E-state index contributed by atoms with van der Waals surface area (Å²) in [6.45, 7) is 1.33. The van der Waals surface area contributed by atoms with Gasteiger partial charge >= 0.3 is 0 Å². The van der Waals surface area contributed by atoms with E-state index in [1.54, 1.807) is 0 Å². The minimum Gasteiger partial charge on any atom is -1.00 e. The van der Waals surface area contributed by atoms with Gasteiger partial charge in [0, 0.05) is 0 Å². The Morgan fingerprint density at radius 3 is 1.28 bits per heavy atom. The molecule has 0 aromatic carbocycles. The van der Waals surface area contributed by atoms with E-state index >= 15 is 0 Å². The van der Waals surface area contributed by atoms with E-state index in [9.17, 15) is 0 Å². The summed E-state index contributed by atoms with van der Waals surface area (Å²) in [6, 6.07) is 0. The van der Waals surface area contributed by atoms with Crippen LogP contribution in [0.4, 0.5) is 0 Å². The van der Waals surface area contributed by atoms with Crippen molar-refractivity contribution in [2.75, 3.05) is 32.1 Å². The summed E-state index contributed by atoms with van der Waals surface area (Å²) in [5.41, 5.74) is 0. The van der Waals surface area contributed by atoms with Crippen LogP contribution in [0.25, 0.3) is 0 Å². The van der Waals surface area contributed by atoms with Gasteiger partial charge in [0.25, 0.3) is 0 Å². The third-order valence-electron chi connectivity index (χ3n) is 3.21. The highest BCUT2D eigenvalue weighted by Gasteiger charge is 2.04. The molecule has 0 rings (SSSR count). The first kappa shape index (κ1) is 21.7. The fraction of sp³-hybridized carbons (Fsp3) is 1.00. The minimum atomic E-state index is 0. The van der Waals surface area contributed by atoms with E-state index in [2.05, 4.69) is 43.7 Å². The molecule has 0 aromatic rings. The maximum absolute atomic E-state index is 2.48. The average Bonchev–Trinajstić information content (AvgIpc) is 2.24. The highest BCUT2D eigenvalue weighted by atomic mass is 127. The molecule has 0 aliphatic heterocycles. The molecule has 0 aliphatic rings. The molecule has 3 heteroatoms. The van der Waals surface area contributed by atoms with Gasteiger partial charge in [-0.25, -0.2) is 0 Å². The number of hydrogen-bond acceptors (Lipinski definition) is 0. The van der Waals surface area contributed by atoms with Crippen LogP contribution in [0.15, 0.2) is 0 Å². The van der Waals surface area contributed by atoms with Gasteiger partial charge in [0.15, 0.2) is 0 Å². The quantitative estimate of drug-likeness (QED) is 0.173. The molecule has 0 fully saturated rings. The van der Waals surface area contributed by atoms with Crippen LogP contribution in [-0.4, -0.2) is 36.6 Å². The molecule has 0 atom stereocenters. The minimum absolute atomic E-state index is 0. The van der Waals surface area contributed by atoms with Gasteiger partial charge in [-0.2, -0.15) is 0 Å². The molecule has 0 spiro atoms. The molecule has 0 radical (unpaired) electrons. The predicted octanol–water partition coefficient (Wildman–Crippen LogP) is 2.03. The maximum Gasteiger partial charge on any atom is 0.0780 e. The number of hydrogen-bond donors (Lipinski definition) is 0. The predicted molar refractivity (Wildman–Crippen MR) is 88.0 cm³/mol. The number of nitrogens with zero attached hydrogens (tertiary/aromatic N) is 1. The van der Waals surface area contributed by atoms with Crippen molar-refractivity contribution in [3.63, 3.8) is 0 Å². The lowest BCUT2D eigenvalue weighted by Crippen LogP contribution is -3.00. The van der Waals surface area contributed by atoms with E-state index in [1.807, 2.05) is 0 Å². The molecule has 18 heavy (non-hydrogen) atoms. The Morgan fingerprint density at radius 1 is 0.611 bits per heavy atom. The van der Waals surface area contributed by atoms with Gasteiger partial charge in [0.1, 0.15) is 0 Å². The van der Waals surface area contributed by atoms with E-state index in [4.69, 9.17) is 0 Å². The van der Waals surface area contributed by atoms with Crippen LogP contribution in [0, 0.1) is 0 Å². The Labute approximate surface area is 146 Å². The van der Waals surface area contributed by atoms with Crippen molar-refractivity contribution in [2.24, 2.45) is 0 Å². The fourth-order valence-corrected chi connectivity index (χ4v) is 2.63. The Balaban J connectivity index is 0. The molecule has 0 amide bonds. The smallest absolute Gasteiger partial charge is 0.0780 e. The summed E-state index contributed by atoms with van der Waals surface area (Å²) in [7, 11) is 6.86. The van der Waals surface area contributed by atoms with Gasteiger partial charge in [0.2, 0.25) is 0 Å². The Morgan fingerprint density at radius 2 is 0.944 bits per heavy atom. The molecular formula is C15H33I2N. The largest absolute Gasteiger partial charge is 1.00 e. The van der Waals surface area contributed by atoms with Crippen molar-refractivity contribution in [3.05, 3.63) is 0 Å². The van der Waals surface area contributed by atoms with Crippen molar-refractivity contribution in [3.8, 4) is 0 Å². The zero-order chi connectivity index (χ0) is 13.0. The molecular weight excluding hydrogens is 448 g/mol. The first-order valence-corrected chi connectivity index (χ1v) is 8.95. The van der Waals surface area contributed by atoms with E-state index in [0.29, 0.717) is 0 Å². The molecule has 0 aromatic heterocycles. The zero-order valence-electron chi connectivity index (χ0n) is 12.7. The number of rotatable bonds is 12. The number of unbranched alkanes of at least 4 members (excludes halogenated alkanes) is 9. The highest BCUT2D eigenvalue weighted by Crippen LogP contribution is 2.11. The van der Waals surface area contributed by atoms with Gasteiger partial charge in [-0.1, -0.05) is 67.5 Å². The van der Waals surface area contributed by atoms with Crippen LogP contribution in [-0.2, 0) is 0 Å². The standard InChI is InChI=1S/C15H33IN.HI/c1-17(2,3)15-13-11-9-7-5-4-6-8-10-12-14-16;/h4-15H2,1-3H3;1H/q+1;/p-1. The van der Waals surface area contributed by atoms with E-state index in [0.717, 1.165) is 4.48 Å². The average molecular weight is 481 g/mol. The topological polar surface area (TPSA) is 0 Å². The Kier molecular flexibility index (Phi) is 17.9. The molecule has 0 saturated heterocycles. The first-order chi connectivity index (χ1) is 8.06. The van der Waals surface area contributed by atoms with Gasteiger partial charge in [0.05, 0.1) is 27.7 Å². The van der Waals surface area contributed by atoms with Gasteiger partial charge in [-0.3, -0.25) is 0 Å². The maximum atomic E-state index is 2.48. The normalized spacial score (nSPS) is 11.3. The van der Waals surface area contributed by atoms with Crippen LogP contribution in [0.1, 0.15) is 64.2 Å². The highest BCUT2D eigenvalue weighted by molar-refractivity contribution is 14.1. The summed E-state index contributed by atoms with van der Waals surface area (Å²) < 4.78 is 2.46. The third kappa shape index (κ3) is 19.8. The molecule has 1 nitrogen and oxygen atoms in total. The lowest BCUT2D eigenvalue weighted by molar-refractivity contribution is -0.870. The molecule has 0 aliphatic carbocycles. The number of quaternary nitrogens is 1. The van der Waals surface area contributed by atoms with E-state index in [-0.39, 0.29) is 24.0 Å². The lowest BCUT2D eigenvalue weighted by atomic mass is 10.1. The molecule has 0 bridgehead atoms. The second kappa shape index (κ2) is 14.8. The van der Waals surface area contributed by atoms with E-state index < -0.39 is 0 Å². The van der Waals surface area contributed by atoms with Crippen LogP contribution in [0.3, 0.4) is 0 Å².